The highest BCUT2D eigenvalue weighted by atomic mass is 16.5. The van der Waals surface area contributed by atoms with Gasteiger partial charge in [-0.05, 0) is 64.0 Å². The summed E-state index contributed by atoms with van der Waals surface area (Å²) < 4.78 is 9.33. The smallest absolute Gasteiger partial charge is 0.185 e. The van der Waals surface area contributed by atoms with Crippen LogP contribution in [0.2, 0.25) is 0 Å². The molecule has 5 aromatic rings. The maximum Gasteiger partial charge on any atom is 0.185 e. The van der Waals surface area contributed by atoms with Crippen molar-refractivity contribution in [3.63, 3.8) is 0 Å². The van der Waals surface area contributed by atoms with Crippen molar-refractivity contribution in [2.45, 2.75) is 57.7 Å². The molecule has 1 atom stereocenters. The number of tetrazole rings is 2. The molecule has 0 spiro atoms. The lowest BCUT2D eigenvalue weighted by Gasteiger charge is -2.32. The molecule has 10 nitrogen and oxygen atoms in total. The van der Waals surface area contributed by atoms with Crippen molar-refractivity contribution in [3.8, 4) is 5.75 Å². The summed E-state index contributed by atoms with van der Waals surface area (Å²) in [7, 11) is 1.66. The minimum Gasteiger partial charge on any atom is -0.497 e. The number of hydrogen-bond acceptors (Lipinski definition) is 8. The van der Waals surface area contributed by atoms with Crippen LogP contribution < -0.4 is 4.74 Å². The van der Waals surface area contributed by atoms with E-state index in [0.29, 0.717) is 11.7 Å². The first-order valence-corrected chi connectivity index (χ1v) is 13.0. The third-order valence-corrected chi connectivity index (χ3v) is 7.48. The fourth-order valence-corrected chi connectivity index (χ4v) is 5.59. The number of benzene rings is 2. The van der Waals surface area contributed by atoms with Crippen LogP contribution in [0.15, 0.2) is 54.6 Å². The van der Waals surface area contributed by atoms with Gasteiger partial charge in [0.1, 0.15) is 11.8 Å². The molecule has 37 heavy (non-hydrogen) atoms. The number of methoxy groups -OCH3 is 1. The van der Waals surface area contributed by atoms with Crippen LogP contribution in [0.1, 0.15) is 68.1 Å². The van der Waals surface area contributed by atoms with E-state index in [1.165, 1.54) is 24.8 Å². The highest BCUT2D eigenvalue weighted by Crippen LogP contribution is 2.36. The fourth-order valence-electron chi connectivity index (χ4n) is 5.59. The Hall–Kier alpha value is -3.92. The average Bonchev–Trinajstić information content (AvgIpc) is 3.64. The standard InChI is InChI=1S/C27H31N9O/c1-3-34(18-19-10-6-4-7-11-19)25(27-29-31-32-35(27)21-12-8-5-9-13-21)23-16-20-14-15-22(37-2)17-24(20)36-26(23)28-30-33-36/h4,6-7,10-11,14-17,21,25H,3,5,8-9,12-13,18H2,1-2H3. The summed E-state index contributed by atoms with van der Waals surface area (Å²) >= 11 is 0. The molecule has 3 heterocycles. The van der Waals surface area contributed by atoms with Crippen LogP contribution >= 0.6 is 0 Å². The summed E-state index contributed by atoms with van der Waals surface area (Å²) in [6, 6.07) is 18.7. The lowest BCUT2D eigenvalue weighted by atomic mass is 9.95. The van der Waals surface area contributed by atoms with E-state index in [9.17, 15) is 0 Å². The second kappa shape index (κ2) is 10.2. The van der Waals surface area contributed by atoms with Gasteiger partial charge in [-0.25, -0.2) is 4.68 Å². The maximum atomic E-state index is 5.47. The van der Waals surface area contributed by atoms with Crippen LogP contribution in [-0.4, -0.2) is 58.8 Å². The summed E-state index contributed by atoms with van der Waals surface area (Å²) in [4.78, 5) is 2.40. The highest BCUT2D eigenvalue weighted by Gasteiger charge is 2.33. The fraction of sp³-hybridized carbons (Fsp3) is 0.407. The zero-order valence-electron chi connectivity index (χ0n) is 21.2. The summed E-state index contributed by atoms with van der Waals surface area (Å²) in [6.45, 7) is 3.72. The summed E-state index contributed by atoms with van der Waals surface area (Å²) in [6.07, 6.45) is 5.86. The molecule has 0 amide bonds. The number of nitrogens with zero attached hydrogens (tertiary/aromatic N) is 9. The van der Waals surface area contributed by atoms with E-state index in [0.717, 1.165) is 54.0 Å². The topological polar surface area (TPSA) is 99.2 Å². The van der Waals surface area contributed by atoms with Gasteiger partial charge in [0.05, 0.1) is 18.7 Å². The van der Waals surface area contributed by atoms with Crippen LogP contribution in [0.4, 0.5) is 0 Å². The second-order valence-electron chi connectivity index (χ2n) is 9.66. The minimum atomic E-state index is -0.234. The Balaban J connectivity index is 1.54. The summed E-state index contributed by atoms with van der Waals surface area (Å²) in [5, 5.41) is 27.2. The predicted molar refractivity (Wildman–Crippen MR) is 139 cm³/mol. The molecular weight excluding hydrogens is 466 g/mol. The Morgan fingerprint density at radius 1 is 0.973 bits per heavy atom. The molecule has 0 radical (unpaired) electrons. The molecule has 1 aliphatic rings. The number of ether oxygens (including phenoxy) is 1. The normalized spacial score (nSPS) is 15.5. The molecule has 10 heteroatoms. The van der Waals surface area contributed by atoms with Crippen LogP contribution in [0.25, 0.3) is 16.6 Å². The number of hydrogen-bond donors (Lipinski definition) is 0. The van der Waals surface area contributed by atoms with E-state index in [-0.39, 0.29) is 6.04 Å². The van der Waals surface area contributed by atoms with Crippen molar-refractivity contribution in [3.05, 3.63) is 71.5 Å². The number of pyridine rings is 1. The molecule has 0 aliphatic heterocycles. The summed E-state index contributed by atoms with van der Waals surface area (Å²) in [5.41, 5.74) is 3.79. The van der Waals surface area contributed by atoms with Crippen molar-refractivity contribution >= 4 is 16.6 Å². The quantitative estimate of drug-likeness (QED) is 0.311. The molecule has 1 aliphatic carbocycles. The second-order valence-corrected chi connectivity index (χ2v) is 9.66. The van der Waals surface area contributed by atoms with Crippen LogP contribution in [-0.2, 0) is 6.54 Å². The maximum absolute atomic E-state index is 5.47. The van der Waals surface area contributed by atoms with Gasteiger partial charge in [0, 0.05) is 23.6 Å². The first-order chi connectivity index (χ1) is 18.3. The monoisotopic (exact) mass is 497 g/mol. The molecule has 0 saturated heterocycles. The van der Waals surface area contributed by atoms with Crippen molar-refractivity contribution in [1.29, 1.82) is 0 Å². The van der Waals surface area contributed by atoms with E-state index >= 15 is 0 Å². The lowest BCUT2D eigenvalue weighted by Crippen LogP contribution is -2.33. The molecule has 3 aromatic heterocycles. The zero-order valence-corrected chi connectivity index (χ0v) is 21.2. The van der Waals surface area contributed by atoms with Gasteiger partial charge in [-0.2, -0.15) is 4.52 Å². The van der Waals surface area contributed by atoms with E-state index in [4.69, 9.17) is 4.74 Å². The van der Waals surface area contributed by atoms with Gasteiger partial charge in [-0.3, -0.25) is 4.90 Å². The molecule has 190 valence electrons. The van der Waals surface area contributed by atoms with Gasteiger partial charge >= 0.3 is 0 Å². The Labute approximate surface area is 215 Å². The van der Waals surface area contributed by atoms with Gasteiger partial charge in [-0.1, -0.05) is 56.5 Å². The largest absolute Gasteiger partial charge is 0.497 e. The molecule has 1 unspecified atom stereocenters. The Kier molecular flexibility index (Phi) is 6.48. The molecule has 2 aromatic carbocycles. The Bertz CT molecular complexity index is 1490. The Morgan fingerprint density at radius 3 is 2.57 bits per heavy atom. The number of rotatable bonds is 8. The third-order valence-electron chi connectivity index (χ3n) is 7.48. The third kappa shape index (κ3) is 4.42. The van der Waals surface area contributed by atoms with E-state index in [2.05, 4.69) is 77.9 Å². The van der Waals surface area contributed by atoms with Crippen LogP contribution in [0.3, 0.4) is 0 Å². The van der Waals surface area contributed by atoms with Crippen LogP contribution in [0.5, 0.6) is 5.75 Å². The van der Waals surface area contributed by atoms with Crippen molar-refractivity contribution in [1.82, 2.24) is 45.1 Å². The summed E-state index contributed by atoms with van der Waals surface area (Å²) in [5.74, 6) is 1.59. The lowest BCUT2D eigenvalue weighted by molar-refractivity contribution is 0.206. The van der Waals surface area contributed by atoms with Gasteiger partial charge in [0.2, 0.25) is 0 Å². The SMILES string of the molecule is CCN(Cc1ccccc1)C(c1cc2ccc(OC)cc2n2nnnc12)c1nnnn1C1CCCCC1. The van der Waals surface area contributed by atoms with E-state index < -0.39 is 0 Å². The van der Waals surface area contributed by atoms with E-state index in [1.54, 1.807) is 11.6 Å². The van der Waals surface area contributed by atoms with E-state index in [1.807, 2.05) is 24.3 Å². The number of aromatic nitrogens is 8. The average molecular weight is 498 g/mol. The van der Waals surface area contributed by atoms with Gasteiger partial charge in [-0.15, -0.1) is 10.2 Å². The van der Waals surface area contributed by atoms with Crippen molar-refractivity contribution < 1.29 is 4.74 Å². The molecule has 1 fully saturated rings. The highest BCUT2D eigenvalue weighted by molar-refractivity contribution is 5.84. The van der Waals surface area contributed by atoms with Gasteiger partial charge in [0.15, 0.2) is 11.5 Å². The van der Waals surface area contributed by atoms with Crippen LogP contribution in [0, 0.1) is 0 Å². The van der Waals surface area contributed by atoms with Gasteiger partial charge in [0.25, 0.3) is 0 Å². The van der Waals surface area contributed by atoms with Crippen molar-refractivity contribution in [2.24, 2.45) is 0 Å². The number of fused-ring (bicyclic) bond motifs is 3. The minimum absolute atomic E-state index is 0.234. The molecular formula is C27H31N9O. The first kappa shape index (κ1) is 23.5. The van der Waals surface area contributed by atoms with Crippen molar-refractivity contribution in [2.75, 3.05) is 13.7 Å². The molecule has 0 N–H and O–H groups in total. The Morgan fingerprint density at radius 2 is 1.78 bits per heavy atom. The van der Waals surface area contributed by atoms with Gasteiger partial charge < -0.3 is 4.74 Å². The molecule has 6 rings (SSSR count). The molecule has 0 bridgehead atoms. The first-order valence-electron chi connectivity index (χ1n) is 13.0. The predicted octanol–water partition coefficient (Wildman–Crippen LogP) is 4.39. The zero-order chi connectivity index (χ0) is 25.2. The molecule has 1 saturated carbocycles.